The predicted octanol–water partition coefficient (Wildman–Crippen LogP) is 1.86. The van der Waals surface area contributed by atoms with E-state index in [1.54, 1.807) is 23.3 Å². The van der Waals surface area contributed by atoms with Gasteiger partial charge in [0.05, 0.1) is 35.9 Å². The van der Waals surface area contributed by atoms with Gasteiger partial charge in [0.1, 0.15) is 11.5 Å². The number of para-hydroxylation sites is 2. The minimum absolute atomic E-state index is 0.0196. The summed E-state index contributed by atoms with van der Waals surface area (Å²) >= 11 is 0. The molecule has 0 radical (unpaired) electrons. The van der Waals surface area contributed by atoms with E-state index in [9.17, 15) is 9.90 Å². The van der Waals surface area contributed by atoms with Gasteiger partial charge in [0.25, 0.3) is 5.91 Å². The number of amides is 1. The lowest BCUT2D eigenvalue weighted by Crippen LogP contribution is -2.55. The van der Waals surface area contributed by atoms with E-state index in [1.165, 1.54) is 0 Å². The zero-order valence-corrected chi connectivity index (χ0v) is 17.1. The SMILES string of the molecule is Cn1cncc1C(=O)N1CCC2(CC1)CC(O)CN(c1cnc3ccccc3n1)C2. The van der Waals surface area contributed by atoms with Crippen LogP contribution in [0.3, 0.4) is 0 Å². The van der Waals surface area contributed by atoms with Crippen LogP contribution in [0.4, 0.5) is 5.82 Å². The number of aryl methyl sites for hydroxylation is 1. The molecule has 8 nitrogen and oxygen atoms in total. The summed E-state index contributed by atoms with van der Waals surface area (Å²) in [6.07, 6.45) is 7.16. The van der Waals surface area contributed by atoms with Crippen LogP contribution in [0.5, 0.6) is 0 Å². The van der Waals surface area contributed by atoms with Gasteiger partial charge in [-0.25, -0.2) is 9.97 Å². The molecule has 2 aliphatic heterocycles. The molecule has 30 heavy (non-hydrogen) atoms. The van der Waals surface area contributed by atoms with E-state index < -0.39 is 6.10 Å². The molecular formula is C22H26N6O2. The molecule has 2 aromatic heterocycles. The molecule has 2 aliphatic rings. The third-order valence-electron chi connectivity index (χ3n) is 6.53. The molecule has 8 heteroatoms. The van der Waals surface area contributed by atoms with Gasteiger partial charge in [-0.05, 0) is 36.8 Å². The fraction of sp³-hybridized carbons (Fsp3) is 0.455. The molecule has 1 aromatic carbocycles. The summed E-state index contributed by atoms with van der Waals surface area (Å²) < 4.78 is 1.76. The number of aliphatic hydroxyl groups is 1. The number of nitrogens with zero attached hydrogens (tertiary/aromatic N) is 6. The molecule has 2 saturated heterocycles. The maximum atomic E-state index is 12.8. The third kappa shape index (κ3) is 3.41. The monoisotopic (exact) mass is 406 g/mol. The highest BCUT2D eigenvalue weighted by Gasteiger charge is 2.43. The lowest BCUT2D eigenvalue weighted by molar-refractivity contribution is 0.0243. The number of aliphatic hydroxyl groups excluding tert-OH is 1. The predicted molar refractivity (Wildman–Crippen MR) is 113 cm³/mol. The molecule has 1 spiro atoms. The van der Waals surface area contributed by atoms with E-state index in [1.807, 2.05) is 36.2 Å². The Morgan fingerprint density at radius 1 is 1.17 bits per heavy atom. The first kappa shape index (κ1) is 19.0. The van der Waals surface area contributed by atoms with Crippen LogP contribution in [0.2, 0.25) is 0 Å². The maximum Gasteiger partial charge on any atom is 0.272 e. The lowest BCUT2D eigenvalue weighted by atomic mass is 9.71. The van der Waals surface area contributed by atoms with Gasteiger partial charge in [0.2, 0.25) is 0 Å². The molecular weight excluding hydrogens is 380 g/mol. The van der Waals surface area contributed by atoms with Crippen LogP contribution >= 0.6 is 0 Å². The Kier molecular flexibility index (Phi) is 4.66. The standard InChI is InChI=1S/C22H26N6O2/c1-26-15-23-11-19(26)21(30)27-8-6-22(7-9-27)10-16(29)13-28(14-22)20-12-24-17-4-2-3-5-18(17)25-20/h2-5,11-12,15-16,29H,6-10,13-14H2,1H3. The molecule has 5 rings (SSSR count). The largest absolute Gasteiger partial charge is 0.391 e. The Morgan fingerprint density at radius 3 is 2.67 bits per heavy atom. The van der Waals surface area contributed by atoms with Crippen LogP contribution in [0.25, 0.3) is 11.0 Å². The molecule has 3 aromatic rings. The molecule has 0 saturated carbocycles. The van der Waals surface area contributed by atoms with Crippen molar-refractivity contribution in [1.29, 1.82) is 0 Å². The topological polar surface area (TPSA) is 87.4 Å². The number of hydrogen-bond donors (Lipinski definition) is 1. The average Bonchev–Trinajstić information content (AvgIpc) is 3.19. The number of hydrogen-bond acceptors (Lipinski definition) is 6. The Hall–Kier alpha value is -3.00. The number of carbonyl (C=O) groups is 1. The molecule has 156 valence electrons. The maximum absolute atomic E-state index is 12.8. The third-order valence-corrected chi connectivity index (χ3v) is 6.53. The van der Waals surface area contributed by atoms with Crippen LogP contribution in [-0.4, -0.2) is 67.7 Å². The number of β-amino-alcohol motifs (C(OH)–C–C–N with tert-alkyl or cyclic N) is 1. The van der Waals surface area contributed by atoms with Crippen molar-refractivity contribution >= 4 is 22.8 Å². The molecule has 1 atom stereocenters. The second-order valence-corrected chi connectivity index (χ2v) is 8.64. The van der Waals surface area contributed by atoms with E-state index in [0.29, 0.717) is 25.3 Å². The number of imidazole rings is 1. The number of aromatic nitrogens is 4. The van der Waals surface area contributed by atoms with Gasteiger partial charge in [0.15, 0.2) is 0 Å². The van der Waals surface area contributed by atoms with Crippen molar-refractivity contribution in [2.45, 2.75) is 25.4 Å². The van der Waals surface area contributed by atoms with Gasteiger partial charge < -0.3 is 19.5 Å². The zero-order valence-electron chi connectivity index (χ0n) is 17.1. The molecule has 1 amide bonds. The quantitative estimate of drug-likeness (QED) is 0.699. The van der Waals surface area contributed by atoms with Gasteiger partial charge in [-0.15, -0.1) is 0 Å². The van der Waals surface area contributed by atoms with Crippen LogP contribution in [0.1, 0.15) is 29.8 Å². The van der Waals surface area contributed by atoms with Crippen molar-refractivity contribution in [1.82, 2.24) is 24.4 Å². The van der Waals surface area contributed by atoms with Gasteiger partial charge in [-0.1, -0.05) is 12.1 Å². The van der Waals surface area contributed by atoms with E-state index in [0.717, 1.165) is 42.7 Å². The first-order chi connectivity index (χ1) is 14.5. The highest BCUT2D eigenvalue weighted by molar-refractivity contribution is 5.92. The number of fused-ring (bicyclic) bond motifs is 1. The minimum atomic E-state index is -0.411. The number of likely N-dealkylation sites (tertiary alicyclic amines) is 1. The second-order valence-electron chi connectivity index (χ2n) is 8.64. The Balaban J connectivity index is 1.32. The van der Waals surface area contributed by atoms with E-state index in [2.05, 4.69) is 14.9 Å². The van der Waals surface area contributed by atoms with Crippen LogP contribution < -0.4 is 4.90 Å². The minimum Gasteiger partial charge on any atom is -0.391 e. The summed E-state index contributed by atoms with van der Waals surface area (Å²) in [5, 5.41) is 10.7. The zero-order chi connectivity index (χ0) is 20.7. The highest BCUT2D eigenvalue weighted by Crippen LogP contribution is 2.41. The summed E-state index contributed by atoms with van der Waals surface area (Å²) in [5.41, 5.74) is 2.33. The number of anilines is 1. The number of piperidine rings is 2. The number of rotatable bonds is 2. The summed E-state index contributed by atoms with van der Waals surface area (Å²) in [6.45, 7) is 2.76. The van der Waals surface area contributed by atoms with Crippen molar-refractivity contribution in [3.05, 3.63) is 48.7 Å². The first-order valence-corrected chi connectivity index (χ1v) is 10.4. The summed E-state index contributed by atoms with van der Waals surface area (Å²) in [6, 6.07) is 7.83. The van der Waals surface area contributed by atoms with Crippen molar-refractivity contribution in [3.63, 3.8) is 0 Å². The fourth-order valence-corrected chi connectivity index (χ4v) is 4.90. The number of benzene rings is 1. The molecule has 1 unspecified atom stereocenters. The fourth-order valence-electron chi connectivity index (χ4n) is 4.90. The lowest BCUT2D eigenvalue weighted by Gasteiger charge is -2.49. The summed E-state index contributed by atoms with van der Waals surface area (Å²) in [5.74, 6) is 0.832. The molecule has 4 heterocycles. The van der Waals surface area contributed by atoms with Crippen LogP contribution in [-0.2, 0) is 7.05 Å². The van der Waals surface area contributed by atoms with E-state index >= 15 is 0 Å². The summed E-state index contributed by atoms with van der Waals surface area (Å²) in [7, 11) is 1.84. The van der Waals surface area contributed by atoms with Gasteiger partial charge in [-0.3, -0.25) is 9.78 Å². The van der Waals surface area contributed by atoms with Crippen LogP contribution in [0.15, 0.2) is 43.0 Å². The Labute approximate surface area is 175 Å². The van der Waals surface area contributed by atoms with Gasteiger partial charge in [-0.2, -0.15) is 0 Å². The smallest absolute Gasteiger partial charge is 0.272 e. The number of carbonyl (C=O) groups excluding carboxylic acids is 1. The average molecular weight is 406 g/mol. The second kappa shape index (κ2) is 7.36. The van der Waals surface area contributed by atoms with Crippen molar-refractivity contribution in [2.75, 3.05) is 31.1 Å². The van der Waals surface area contributed by atoms with E-state index in [4.69, 9.17) is 4.98 Å². The molecule has 1 N–H and O–H groups in total. The van der Waals surface area contributed by atoms with Gasteiger partial charge >= 0.3 is 0 Å². The van der Waals surface area contributed by atoms with Crippen molar-refractivity contribution < 1.29 is 9.90 Å². The van der Waals surface area contributed by atoms with E-state index in [-0.39, 0.29) is 11.3 Å². The normalized spacial score (nSPS) is 21.3. The Morgan fingerprint density at radius 2 is 1.93 bits per heavy atom. The first-order valence-electron chi connectivity index (χ1n) is 10.4. The molecule has 0 bridgehead atoms. The molecule has 0 aliphatic carbocycles. The van der Waals surface area contributed by atoms with Gasteiger partial charge in [0, 0.05) is 33.2 Å². The van der Waals surface area contributed by atoms with Crippen LogP contribution in [0, 0.1) is 5.41 Å². The Bertz CT molecular complexity index is 1070. The van der Waals surface area contributed by atoms with Crippen molar-refractivity contribution in [3.8, 4) is 0 Å². The molecule has 2 fully saturated rings. The summed E-state index contributed by atoms with van der Waals surface area (Å²) in [4.78, 5) is 30.3. The highest BCUT2D eigenvalue weighted by atomic mass is 16.3. The van der Waals surface area contributed by atoms with Crippen molar-refractivity contribution in [2.24, 2.45) is 12.5 Å².